The molecule has 112 valence electrons. The van der Waals surface area contributed by atoms with E-state index in [1.54, 1.807) is 0 Å². The van der Waals surface area contributed by atoms with Gasteiger partial charge in [0.25, 0.3) is 0 Å². The highest BCUT2D eigenvalue weighted by molar-refractivity contribution is 5.47. The Bertz CT molecular complexity index is 410. The summed E-state index contributed by atoms with van der Waals surface area (Å²) in [5.41, 5.74) is 2.01. The molecule has 0 aromatic heterocycles. The Hall–Kier alpha value is -1.06. The van der Waals surface area contributed by atoms with Crippen molar-refractivity contribution in [2.75, 3.05) is 25.6 Å². The van der Waals surface area contributed by atoms with E-state index in [0.29, 0.717) is 6.04 Å². The standard InChI is InChI=1S/C17H28N2O/c1-17(13-20,18-15-7-5-4-6-8-15)14-9-11-16(12-10-14)19(2)3/h9-12,15,18,20H,4-8,13H2,1-3H3. The predicted octanol–water partition coefficient (Wildman–Crippen LogP) is 2.88. The molecule has 0 spiro atoms. The van der Waals surface area contributed by atoms with Gasteiger partial charge in [-0.1, -0.05) is 31.4 Å². The first-order valence-electron chi connectivity index (χ1n) is 7.71. The first kappa shape index (κ1) is 15.3. The minimum atomic E-state index is -0.340. The van der Waals surface area contributed by atoms with Crippen LogP contribution in [0.3, 0.4) is 0 Å². The van der Waals surface area contributed by atoms with Crippen LogP contribution in [0.15, 0.2) is 24.3 Å². The van der Waals surface area contributed by atoms with Gasteiger partial charge in [0, 0.05) is 25.8 Å². The van der Waals surface area contributed by atoms with Gasteiger partial charge in [-0.3, -0.25) is 0 Å². The second-order valence-electron chi connectivity index (χ2n) is 6.41. The van der Waals surface area contributed by atoms with Crippen LogP contribution < -0.4 is 10.2 Å². The normalized spacial score (nSPS) is 19.6. The third-order valence-corrected chi connectivity index (χ3v) is 4.46. The third-order valence-electron chi connectivity index (χ3n) is 4.46. The smallest absolute Gasteiger partial charge is 0.0652 e. The zero-order valence-electron chi connectivity index (χ0n) is 13.0. The number of nitrogens with one attached hydrogen (secondary N) is 1. The summed E-state index contributed by atoms with van der Waals surface area (Å²) in [6.45, 7) is 2.23. The molecule has 0 heterocycles. The van der Waals surface area contributed by atoms with Crippen molar-refractivity contribution in [2.24, 2.45) is 0 Å². The number of hydrogen-bond donors (Lipinski definition) is 2. The molecule has 1 aliphatic rings. The van der Waals surface area contributed by atoms with Crippen molar-refractivity contribution in [3.8, 4) is 0 Å². The van der Waals surface area contributed by atoms with E-state index in [4.69, 9.17) is 0 Å². The molecule has 2 N–H and O–H groups in total. The van der Waals surface area contributed by atoms with E-state index in [9.17, 15) is 5.11 Å². The maximum atomic E-state index is 9.87. The number of anilines is 1. The van der Waals surface area contributed by atoms with Crippen molar-refractivity contribution in [3.05, 3.63) is 29.8 Å². The van der Waals surface area contributed by atoms with Gasteiger partial charge in [0.05, 0.1) is 12.1 Å². The van der Waals surface area contributed by atoms with Crippen LogP contribution in [0.4, 0.5) is 5.69 Å². The Morgan fingerprint density at radius 2 is 1.75 bits per heavy atom. The van der Waals surface area contributed by atoms with Crippen LogP contribution in [-0.4, -0.2) is 31.9 Å². The maximum absolute atomic E-state index is 9.87. The molecule has 1 atom stereocenters. The van der Waals surface area contributed by atoms with Gasteiger partial charge in [-0.05, 0) is 37.5 Å². The minimum Gasteiger partial charge on any atom is -0.394 e. The molecule has 3 heteroatoms. The quantitative estimate of drug-likeness (QED) is 0.868. The highest BCUT2D eigenvalue weighted by atomic mass is 16.3. The average molecular weight is 276 g/mol. The molecule has 20 heavy (non-hydrogen) atoms. The fourth-order valence-corrected chi connectivity index (χ4v) is 3.05. The molecule has 3 nitrogen and oxygen atoms in total. The molecular formula is C17H28N2O. The van der Waals surface area contributed by atoms with Crippen LogP contribution in [0.25, 0.3) is 0 Å². The van der Waals surface area contributed by atoms with Gasteiger partial charge < -0.3 is 15.3 Å². The van der Waals surface area contributed by atoms with Crippen molar-refractivity contribution in [1.82, 2.24) is 5.32 Å². The van der Waals surface area contributed by atoms with E-state index >= 15 is 0 Å². The number of rotatable bonds is 5. The molecule has 2 rings (SSSR count). The van der Waals surface area contributed by atoms with E-state index in [2.05, 4.69) is 41.4 Å². The molecule has 0 saturated heterocycles. The summed E-state index contributed by atoms with van der Waals surface area (Å²) >= 11 is 0. The Morgan fingerprint density at radius 1 is 1.15 bits per heavy atom. The Balaban J connectivity index is 2.12. The number of benzene rings is 1. The highest BCUT2D eigenvalue weighted by Crippen LogP contribution is 2.27. The van der Waals surface area contributed by atoms with E-state index in [0.717, 1.165) is 5.56 Å². The number of aliphatic hydroxyl groups is 1. The predicted molar refractivity (Wildman–Crippen MR) is 85.2 cm³/mol. The lowest BCUT2D eigenvalue weighted by molar-refractivity contribution is 0.150. The van der Waals surface area contributed by atoms with Crippen LogP contribution in [0.5, 0.6) is 0 Å². The second kappa shape index (κ2) is 6.59. The van der Waals surface area contributed by atoms with Gasteiger partial charge in [0.2, 0.25) is 0 Å². The van der Waals surface area contributed by atoms with Crippen molar-refractivity contribution >= 4 is 5.69 Å². The molecule has 0 aliphatic heterocycles. The first-order valence-corrected chi connectivity index (χ1v) is 7.71. The van der Waals surface area contributed by atoms with Crippen molar-refractivity contribution in [3.63, 3.8) is 0 Å². The monoisotopic (exact) mass is 276 g/mol. The lowest BCUT2D eigenvalue weighted by Gasteiger charge is -2.36. The van der Waals surface area contributed by atoms with Crippen LogP contribution >= 0.6 is 0 Å². The molecule has 1 aromatic carbocycles. The van der Waals surface area contributed by atoms with Crippen molar-refractivity contribution in [1.29, 1.82) is 0 Å². The lowest BCUT2D eigenvalue weighted by Crippen LogP contribution is -2.49. The molecule has 0 radical (unpaired) electrons. The van der Waals surface area contributed by atoms with Gasteiger partial charge in [-0.15, -0.1) is 0 Å². The topological polar surface area (TPSA) is 35.5 Å². The van der Waals surface area contributed by atoms with Gasteiger partial charge in [0.1, 0.15) is 0 Å². The summed E-state index contributed by atoms with van der Waals surface area (Å²) in [4.78, 5) is 2.09. The van der Waals surface area contributed by atoms with Crippen LogP contribution in [0.1, 0.15) is 44.6 Å². The summed E-state index contributed by atoms with van der Waals surface area (Å²) in [5.74, 6) is 0. The van der Waals surface area contributed by atoms with Crippen molar-refractivity contribution < 1.29 is 5.11 Å². The third kappa shape index (κ3) is 3.53. The number of hydrogen-bond acceptors (Lipinski definition) is 3. The van der Waals surface area contributed by atoms with E-state index in [-0.39, 0.29) is 12.1 Å². The number of aliphatic hydroxyl groups excluding tert-OH is 1. The van der Waals surface area contributed by atoms with Gasteiger partial charge in [0.15, 0.2) is 0 Å². The number of nitrogens with zero attached hydrogens (tertiary/aromatic N) is 1. The maximum Gasteiger partial charge on any atom is 0.0652 e. The lowest BCUT2D eigenvalue weighted by atomic mass is 9.88. The summed E-state index contributed by atoms with van der Waals surface area (Å²) in [5, 5.41) is 13.6. The Labute approximate surface area is 123 Å². The van der Waals surface area contributed by atoms with Crippen LogP contribution in [0.2, 0.25) is 0 Å². The molecule has 0 amide bonds. The molecule has 1 aliphatic carbocycles. The summed E-state index contributed by atoms with van der Waals surface area (Å²) < 4.78 is 0. The Morgan fingerprint density at radius 3 is 2.25 bits per heavy atom. The van der Waals surface area contributed by atoms with Crippen LogP contribution in [0, 0.1) is 0 Å². The Kier molecular flexibility index (Phi) is 5.06. The van der Waals surface area contributed by atoms with Gasteiger partial charge >= 0.3 is 0 Å². The van der Waals surface area contributed by atoms with Crippen molar-refractivity contribution in [2.45, 2.75) is 50.6 Å². The average Bonchev–Trinajstić information content (AvgIpc) is 2.48. The highest BCUT2D eigenvalue weighted by Gasteiger charge is 2.29. The largest absolute Gasteiger partial charge is 0.394 e. The zero-order valence-corrected chi connectivity index (χ0v) is 13.0. The van der Waals surface area contributed by atoms with Crippen LogP contribution in [-0.2, 0) is 5.54 Å². The first-order chi connectivity index (χ1) is 9.55. The van der Waals surface area contributed by atoms with Gasteiger partial charge in [-0.25, -0.2) is 0 Å². The fourth-order valence-electron chi connectivity index (χ4n) is 3.05. The molecular weight excluding hydrogens is 248 g/mol. The van der Waals surface area contributed by atoms with E-state index in [1.807, 2.05) is 14.1 Å². The zero-order chi connectivity index (χ0) is 14.6. The molecule has 1 fully saturated rings. The van der Waals surface area contributed by atoms with Gasteiger partial charge in [-0.2, -0.15) is 0 Å². The summed E-state index contributed by atoms with van der Waals surface area (Å²) in [6, 6.07) is 9.02. The van der Waals surface area contributed by atoms with E-state index in [1.165, 1.54) is 37.8 Å². The summed E-state index contributed by atoms with van der Waals surface area (Å²) in [7, 11) is 4.08. The fraction of sp³-hybridized carbons (Fsp3) is 0.647. The summed E-state index contributed by atoms with van der Waals surface area (Å²) in [6.07, 6.45) is 6.42. The molecule has 1 aromatic rings. The molecule has 1 unspecified atom stereocenters. The molecule has 0 bridgehead atoms. The second-order valence-corrected chi connectivity index (χ2v) is 6.41. The SMILES string of the molecule is CN(C)c1ccc(C(C)(CO)NC2CCCCC2)cc1. The molecule has 1 saturated carbocycles. The minimum absolute atomic E-state index is 0.130. The van der Waals surface area contributed by atoms with E-state index < -0.39 is 0 Å².